The molecule has 1 amide bonds. The topological polar surface area (TPSA) is 282 Å². The number of halogens is 8. The summed E-state index contributed by atoms with van der Waals surface area (Å²) in [5, 5.41) is 20.8. The van der Waals surface area contributed by atoms with Gasteiger partial charge >= 0.3 is 11.9 Å². The van der Waals surface area contributed by atoms with Gasteiger partial charge in [0.1, 0.15) is 39.1 Å². The second kappa shape index (κ2) is 24.8. The normalized spacial score (nSPS) is 10.9. The van der Waals surface area contributed by atoms with E-state index in [2.05, 4.69) is 39.6 Å². The number of carboxylic acid groups (broad SMARTS) is 1. The number of hydrogen-bond donors (Lipinski definition) is 4. The SMILES string of the molecule is COC(=O)c1cccc(Cc2nc3cc(Cl)c(Cl)cc3o2)n1.Nc1nc2cc(Cl)c(Cl)cc2o1.O=C(NO)c1cccc(Cc2nc3cc(Cl)c(Cl)cc3o2)n1.O=C(O)c1cccc(Cc2nc3cc(Cl)c(Cl)cc3o2)n1. The van der Waals surface area contributed by atoms with Crippen molar-refractivity contribution in [2.45, 2.75) is 19.3 Å². The second-order valence-corrected chi connectivity index (χ2v) is 18.9. The lowest BCUT2D eigenvalue weighted by molar-refractivity contribution is 0.0592. The minimum absolute atomic E-state index is 0.0188. The van der Waals surface area contributed by atoms with Gasteiger partial charge in [0.15, 0.2) is 22.3 Å². The standard InChI is InChI=1S/C15H10Cl2N2O3.C14H9Cl2N3O3.C14H8Cl2N2O3.C7H4Cl2N2O/c1-21-15(20)11-4-2-3-8(18-11)5-14-19-12-6-9(16)10(17)7-13(12)22-14;15-8-5-11-12(6-9(8)16)22-13(18-11)4-7-2-1-3-10(17-7)14(20)19-21;15-8-5-11-12(6-9(8)16)21-13(18-11)4-7-2-1-3-10(17-7)14(19)20;8-3-1-5-6(2-4(3)9)12-7(10)11-5/h2-4,6-7H,5H2,1H3;1-3,5-6,21H,4H2,(H,19,20);1-3,5-6H,4H2,(H,19,20);1-2H,(H2,10,11). The van der Waals surface area contributed by atoms with Crippen molar-refractivity contribution >= 4 is 161 Å². The molecule has 77 heavy (non-hydrogen) atoms. The highest BCUT2D eigenvalue weighted by molar-refractivity contribution is 6.44. The van der Waals surface area contributed by atoms with Gasteiger partial charge < -0.3 is 33.2 Å². The molecule has 0 saturated heterocycles. The number of amides is 1. The summed E-state index contributed by atoms with van der Waals surface area (Å²) in [4.78, 5) is 62.9. The maximum absolute atomic E-state index is 11.5. The summed E-state index contributed by atoms with van der Waals surface area (Å²) in [7, 11) is 1.31. The van der Waals surface area contributed by atoms with Gasteiger partial charge in [0.25, 0.3) is 11.9 Å². The number of nitrogens with one attached hydrogen (secondary N) is 1. The quantitative estimate of drug-likeness (QED) is 0.0593. The number of rotatable bonds is 9. The molecule has 0 saturated carbocycles. The lowest BCUT2D eigenvalue weighted by Crippen LogP contribution is -2.20. The maximum Gasteiger partial charge on any atom is 0.356 e. The molecule has 7 aromatic heterocycles. The first-order valence-electron chi connectivity index (χ1n) is 21.7. The molecule has 0 spiro atoms. The number of ether oxygens (including phenoxy) is 1. The number of fused-ring (bicyclic) bond motifs is 4. The highest BCUT2D eigenvalue weighted by Gasteiger charge is 2.16. The summed E-state index contributed by atoms with van der Waals surface area (Å²) in [6.07, 6.45) is 0.913. The molecule has 27 heteroatoms. The molecule has 0 unspecified atom stereocenters. The molecule has 11 aromatic rings. The van der Waals surface area contributed by atoms with Gasteiger partial charge in [0.05, 0.1) is 83.6 Å². The van der Waals surface area contributed by atoms with E-state index in [0.717, 1.165) is 0 Å². The minimum Gasteiger partial charge on any atom is -0.477 e. The monoisotopic (exact) mass is 1200 g/mol. The Morgan fingerprint density at radius 2 is 0.805 bits per heavy atom. The molecule has 5 N–H and O–H groups in total. The number of nitrogens with two attached hydrogens (primary N) is 1. The van der Waals surface area contributed by atoms with Crippen molar-refractivity contribution in [1.82, 2.24) is 40.4 Å². The fourth-order valence-corrected chi connectivity index (χ4v) is 8.05. The molecular formula is C50H31Cl8N9O10. The van der Waals surface area contributed by atoms with Crippen LogP contribution in [0, 0.1) is 0 Å². The van der Waals surface area contributed by atoms with Crippen LogP contribution in [0.3, 0.4) is 0 Å². The number of hydrogen-bond acceptors (Lipinski definition) is 17. The molecule has 0 fully saturated rings. The lowest BCUT2D eigenvalue weighted by atomic mass is 10.2. The van der Waals surface area contributed by atoms with E-state index in [4.69, 9.17) is 127 Å². The van der Waals surface area contributed by atoms with E-state index in [0.29, 0.717) is 126 Å². The minimum atomic E-state index is -1.08. The number of methoxy groups -OCH3 is 1. The molecule has 0 bridgehead atoms. The summed E-state index contributed by atoms with van der Waals surface area (Å²) < 4.78 is 26.5. The fraction of sp³-hybridized carbons (Fsp3) is 0.0800. The smallest absolute Gasteiger partial charge is 0.356 e. The van der Waals surface area contributed by atoms with Crippen molar-refractivity contribution in [1.29, 1.82) is 0 Å². The van der Waals surface area contributed by atoms with Crippen LogP contribution in [0.25, 0.3) is 44.4 Å². The number of esters is 1. The number of aromatic carboxylic acids is 1. The molecule has 19 nitrogen and oxygen atoms in total. The Morgan fingerprint density at radius 3 is 1.18 bits per heavy atom. The molecule has 4 aromatic carbocycles. The first-order valence-corrected chi connectivity index (χ1v) is 24.7. The van der Waals surface area contributed by atoms with Gasteiger partial charge in [-0.05, 0) is 60.7 Å². The zero-order valence-corrected chi connectivity index (χ0v) is 44.9. The number of carbonyl (C=O) groups excluding carboxylic acids is 2. The van der Waals surface area contributed by atoms with Gasteiger partial charge in [-0.25, -0.2) is 45.0 Å². The summed E-state index contributed by atoms with van der Waals surface area (Å²) in [5.74, 6) is -0.951. The van der Waals surface area contributed by atoms with E-state index in [9.17, 15) is 14.4 Å². The fourth-order valence-electron chi connectivity index (χ4n) is 6.80. The average molecular weight is 1200 g/mol. The Balaban J connectivity index is 0.000000138. The Bertz CT molecular complexity index is 3720. The first-order chi connectivity index (χ1) is 36.8. The summed E-state index contributed by atoms with van der Waals surface area (Å²) in [6, 6.07) is 27.7. The number of hydroxylamine groups is 1. The van der Waals surface area contributed by atoms with Gasteiger partial charge in [-0.3, -0.25) is 10.0 Å². The Morgan fingerprint density at radius 1 is 0.481 bits per heavy atom. The van der Waals surface area contributed by atoms with Crippen molar-refractivity contribution in [3.05, 3.63) is 195 Å². The third-order valence-corrected chi connectivity index (χ3v) is 13.1. The third-order valence-electron chi connectivity index (χ3n) is 10.2. The van der Waals surface area contributed by atoms with Gasteiger partial charge in [-0.2, -0.15) is 4.98 Å². The molecule has 7 heterocycles. The number of oxazole rings is 4. The predicted molar refractivity (Wildman–Crippen MR) is 289 cm³/mol. The van der Waals surface area contributed by atoms with Crippen molar-refractivity contribution < 1.29 is 47.1 Å². The largest absolute Gasteiger partial charge is 0.477 e. The molecule has 0 atom stereocenters. The van der Waals surface area contributed by atoms with Crippen molar-refractivity contribution in [2.75, 3.05) is 12.8 Å². The van der Waals surface area contributed by atoms with E-state index >= 15 is 0 Å². The number of nitrogens with zero attached hydrogens (tertiary/aromatic N) is 7. The van der Waals surface area contributed by atoms with Gasteiger partial charge in [-0.15, -0.1) is 0 Å². The third kappa shape index (κ3) is 14.2. The van der Waals surface area contributed by atoms with Crippen molar-refractivity contribution in [2.24, 2.45) is 0 Å². The second-order valence-electron chi connectivity index (χ2n) is 15.6. The van der Waals surface area contributed by atoms with Gasteiger partial charge in [-0.1, -0.05) is 111 Å². The van der Waals surface area contributed by atoms with Crippen molar-refractivity contribution in [3.63, 3.8) is 0 Å². The summed E-state index contributed by atoms with van der Waals surface area (Å²) in [5.41, 5.74) is 13.5. The molecule has 0 radical (unpaired) electrons. The number of carbonyl (C=O) groups is 3. The lowest BCUT2D eigenvalue weighted by Gasteiger charge is -2.00. The summed E-state index contributed by atoms with van der Waals surface area (Å²) in [6.45, 7) is 0. The van der Waals surface area contributed by atoms with E-state index in [1.807, 2.05) is 0 Å². The van der Waals surface area contributed by atoms with Crippen LogP contribution in [-0.2, 0) is 24.0 Å². The molecule has 0 aliphatic heterocycles. The van der Waals surface area contributed by atoms with Crippen molar-refractivity contribution in [3.8, 4) is 0 Å². The number of anilines is 1. The average Bonchev–Trinajstić information content (AvgIpc) is 4.19. The van der Waals surface area contributed by atoms with Crippen LogP contribution in [0.5, 0.6) is 0 Å². The van der Waals surface area contributed by atoms with E-state index in [1.54, 1.807) is 91.0 Å². The van der Waals surface area contributed by atoms with E-state index in [1.165, 1.54) is 24.7 Å². The number of carboxylic acids is 1. The Kier molecular flexibility index (Phi) is 18.0. The summed E-state index contributed by atoms with van der Waals surface area (Å²) >= 11 is 47.1. The van der Waals surface area contributed by atoms with Gasteiger partial charge in [0, 0.05) is 24.3 Å². The molecular weight excluding hydrogens is 1170 g/mol. The zero-order valence-electron chi connectivity index (χ0n) is 38.8. The number of nitrogen functional groups attached to an aromatic ring is 1. The zero-order chi connectivity index (χ0) is 55.1. The van der Waals surface area contributed by atoms with Crippen LogP contribution >= 0.6 is 92.8 Å². The highest BCUT2D eigenvalue weighted by atomic mass is 35.5. The number of benzene rings is 4. The number of aromatic nitrogens is 7. The highest BCUT2D eigenvalue weighted by Crippen LogP contribution is 2.32. The Labute approximate surface area is 472 Å². The molecule has 11 rings (SSSR count). The van der Waals surface area contributed by atoms with Crippen LogP contribution < -0.4 is 11.2 Å². The van der Waals surface area contributed by atoms with E-state index in [-0.39, 0.29) is 35.9 Å². The molecule has 0 aliphatic carbocycles. The molecule has 0 aliphatic rings. The van der Waals surface area contributed by atoms with Crippen LogP contribution in [0.1, 0.15) is 66.2 Å². The van der Waals surface area contributed by atoms with E-state index < -0.39 is 17.8 Å². The number of pyridine rings is 3. The van der Waals surface area contributed by atoms with Gasteiger partial charge in [0.2, 0.25) is 17.7 Å². The molecule has 392 valence electrons. The maximum atomic E-state index is 11.5. The van der Waals surface area contributed by atoms with Crippen LogP contribution in [0.4, 0.5) is 6.01 Å². The Hall–Kier alpha value is -7.30. The predicted octanol–water partition coefficient (Wildman–Crippen LogP) is 13.7. The van der Waals surface area contributed by atoms with Crippen LogP contribution in [0.2, 0.25) is 40.2 Å². The first kappa shape index (κ1) is 55.9. The van der Waals surface area contributed by atoms with Crippen LogP contribution in [0.15, 0.2) is 121 Å². The van der Waals surface area contributed by atoms with Crippen LogP contribution in [-0.4, -0.2) is 70.2 Å².